The van der Waals surface area contributed by atoms with Gasteiger partial charge in [0.2, 0.25) is 0 Å². The molecule has 0 aliphatic heterocycles. The van der Waals surface area contributed by atoms with Gasteiger partial charge in [0.25, 0.3) is 12.3 Å². The predicted molar refractivity (Wildman–Crippen MR) is 123 cm³/mol. The van der Waals surface area contributed by atoms with Crippen LogP contribution in [0.15, 0.2) is 36.8 Å². The average Bonchev–Trinajstić information content (AvgIpc) is 3.39. The molecule has 0 saturated heterocycles. The van der Waals surface area contributed by atoms with Gasteiger partial charge in [-0.3, -0.25) is 14.5 Å². The van der Waals surface area contributed by atoms with E-state index in [1.54, 1.807) is 18.2 Å². The Kier molecular flexibility index (Phi) is 6.36. The number of carbonyl (C=O) groups is 1. The Morgan fingerprint density at radius 1 is 1.31 bits per heavy atom. The van der Waals surface area contributed by atoms with Crippen LogP contribution in [-0.2, 0) is 6.54 Å². The van der Waals surface area contributed by atoms with E-state index in [0.717, 1.165) is 4.68 Å². The number of hydrogen-bond acceptors (Lipinski definition) is 6. The van der Waals surface area contributed by atoms with Crippen molar-refractivity contribution in [1.82, 2.24) is 25.1 Å². The number of aromatic nitrogens is 4. The van der Waals surface area contributed by atoms with Crippen molar-refractivity contribution in [1.29, 1.82) is 5.26 Å². The number of alkyl halides is 3. The third kappa shape index (κ3) is 5.04. The number of nitrogens with zero attached hydrogens (tertiary/aromatic N) is 4. The summed E-state index contributed by atoms with van der Waals surface area (Å²) in [6, 6.07) is 7.05. The first kappa shape index (κ1) is 24.0. The Hall–Kier alpha value is -4.11. The van der Waals surface area contributed by atoms with E-state index < -0.39 is 37.2 Å². The molecule has 35 heavy (non-hydrogen) atoms. The zero-order valence-electron chi connectivity index (χ0n) is 18.8. The van der Waals surface area contributed by atoms with Gasteiger partial charge in [-0.15, -0.1) is 0 Å². The maximum absolute atomic E-state index is 14.2. The van der Waals surface area contributed by atoms with Gasteiger partial charge >= 0.3 is 0 Å². The van der Waals surface area contributed by atoms with Gasteiger partial charge in [0.15, 0.2) is 0 Å². The Labute approximate surface area is 197 Å². The first-order valence-electron chi connectivity index (χ1n) is 10.6. The molecule has 0 fully saturated rings. The second-order valence-electron chi connectivity index (χ2n) is 8.57. The average molecular weight is 485 g/mol. The highest BCUT2D eigenvalue weighted by Gasteiger charge is 2.28. The molecule has 4 rings (SSSR count). The largest absolute Gasteiger partial charge is 0.387 e. The van der Waals surface area contributed by atoms with Gasteiger partial charge in [-0.1, -0.05) is 0 Å². The number of fused-ring (bicyclic) bond motifs is 3. The molecular weight excluding hydrogens is 463 g/mol. The van der Waals surface area contributed by atoms with Crippen molar-refractivity contribution in [3.63, 3.8) is 0 Å². The summed E-state index contributed by atoms with van der Waals surface area (Å²) >= 11 is 0. The fraction of sp³-hybridized carbons (Fsp3) is 0.304. The number of H-pyrrole nitrogens is 1. The Morgan fingerprint density at radius 3 is 2.77 bits per heavy atom. The summed E-state index contributed by atoms with van der Waals surface area (Å²) in [4.78, 5) is 20.5. The van der Waals surface area contributed by atoms with Crippen LogP contribution in [0.1, 0.15) is 29.8 Å². The highest BCUT2D eigenvalue weighted by atomic mass is 19.3. The lowest BCUT2D eigenvalue weighted by atomic mass is 10.0. The number of aliphatic hydroxyl groups is 1. The molecule has 0 radical (unpaired) electrons. The van der Waals surface area contributed by atoms with Crippen LogP contribution in [0.4, 0.5) is 24.5 Å². The Balaban J connectivity index is 1.77. The predicted octanol–water partition coefficient (Wildman–Crippen LogP) is 3.63. The number of amides is 1. The molecule has 0 aliphatic rings. The number of rotatable bonds is 8. The minimum Gasteiger partial charge on any atom is -0.387 e. The van der Waals surface area contributed by atoms with E-state index in [0.29, 0.717) is 33.2 Å². The van der Waals surface area contributed by atoms with Crippen molar-refractivity contribution in [3.8, 4) is 6.07 Å². The first-order valence-corrected chi connectivity index (χ1v) is 10.6. The number of halogens is 3. The summed E-state index contributed by atoms with van der Waals surface area (Å²) in [5, 5.41) is 29.1. The monoisotopic (exact) mass is 485 g/mol. The third-order valence-electron chi connectivity index (χ3n) is 5.42. The van der Waals surface area contributed by atoms with Gasteiger partial charge in [0.05, 0.1) is 57.9 Å². The Morgan fingerprint density at radius 2 is 2.09 bits per heavy atom. The van der Waals surface area contributed by atoms with Crippen LogP contribution in [-0.4, -0.2) is 55.5 Å². The number of aromatic amines is 1. The van der Waals surface area contributed by atoms with Crippen LogP contribution >= 0.6 is 0 Å². The van der Waals surface area contributed by atoms with Crippen molar-refractivity contribution in [2.24, 2.45) is 0 Å². The normalized spacial score (nSPS) is 12.7. The van der Waals surface area contributed by atoms with Crippen LogP contribution < -0.4 is 10.6 Å². The van der Waals surface area contributed by atoms with Crippen molar-refractivity contribution in [2.75, 3.05) is 11.9 Å². The Bertz CT molecular complexity index is 1430. The fourth-order valence-corrected chi connectivity index (χ4v) is 3.54. The highest BCUT2D eigenvalue weighted by molar-refractivity contribution is 6.14. The van der Waals surface area contributed by atoms with E-state index in [1.807, 2.05) is 0 Å². The molecule has 3 heterocycles. The highest BCUT2D eigenvalue weighted by Crippen LogP contribution is 2.33. The molecule has 182 valence electrons. The molecule has 1 amide bonds. The summed E-state index contributed by atoms with van der Waals surface area (Å²) in [6.45, 7) is 1.55. The van der Waals surface area contributed by atoms with Gasteiger partial charge in [0.1, 0.15) is 12.7 Å². The number of hydrogen-bond donors (Lipinski definition) is 4. The van der Waals surface area contributed by atoms with Crippen LogP contribution in [0.3, 0.4) is 0 Å². The summed E-state index contributed by atoms with van der Waals surface area (Å²) in [6.07, 6.45) is -0.304. The van der Waals surface area contributed by atoms with Crippen molar-refractivity contribution >= 4 is 39.2 Å². The zero-order chi connectivity index (χ0) is 25.3. The molecule has 1 atom stereocenters. The summed E-state index contributed by atoms with van der Waals surface area (Å²) in [5.74, 6) is -0.662. The van der Waals surface area contributed by atoms with Crippen molar-refractivity contribution in [3.05, 3.63) is 47.9 Å². The van der Waals surface area contributed by atoms with Gasteiger partial charge in [0, 0.05) is 23.3 Å². The summed E-state index contributed by atoms with van der Waals surface area (Å²) in [5.41, 5.74) is 0.949. The molecule has 0 spiro atoms. The summed E-state index contributed by atoms with van der Waals surface area (Å²) in [7, 11) is 0. The second kappa shape index (κ2) is 9.27. The molecule has 0 saturated carbocycles. The molecule has 4 aromatic rings. The van der Waals surface area contributed by atoms with E-state index in [1.165, 1.54) is 32.4 Å². The second-order valence-corrected chi connectivity index (χ2v) is 8.57. The zero-order valence-corrected chi connectivity index (χ0v) is 18.8. The molecule has 12 heteroatoms. The van der Waals surface area contributed by atoms with Gasteiger partial charge in [-0.25, -0.2) is 13.2 Å². The van der Waals surface area contributed by atoms with E-state index in [9.17, 15) is 28.3 Å². The van der Waals surface area contributed by atoms with Crippen LogP contribution in [0.5, 0.6) is 0 Å². The summed E-state index contributed by atoms with van der Waals surface area (Å²) < 4.78 is 40.7. The fourth-order valence-electron chi connectivity index (χ4n) is 3.54. The standard InChI is InChI=1S/C23H22F3N7O2/c1-23(2,35)17(24)9-29-22(34)15-8-28-19-14-4-3-12(6-27)5-16(14)32-21(19)20(15)31-13-7-30-33(10-13)11-18(25)26/h3-5,7-8,10,17-18,32,35H,9,11H2,1-2H3,(H,28,31)(H,29,34). The number of nitrogens with one attached hydrogen (secondary N) is 3. The minimum atomic E-state index is -2.59. The van der Waals surface area contributed by atoms with Crippen molar-refractivity contribution in [2.45, 2.75) is 38.6 Å². The molecule has 3 aromatic heterocycles. The first-order chi connectivity index (χ1) is 16.6. The van der Waals surface area contributed by atoms with Crippen molar-refractivity contribution < 1.29 is 23.1 Å². The molecule has 1 unspecified atom stereocenters. The lowest BCUT2D eigenvalue weighted by molar-refractivity contribution is -0.00177. The quantitative estimate of drug-likeness (QED) is 0.301. The van der Waals surface area contributed by atoms with Gasteiger partial charge in [-0.2, -0.15) is 10.4 Å². The smallest absolute Gasteiger partial charge is 0.257 e. The van der Waals surface area contributed by atoms with Gasteiger partial charge < -0.3 is 20.7 Å². The molecular formula is C23H22F3N7O2. The number of nitriles is 1. The molecule has 4 N–H and O–H groups in total. The number of anilines is 2. The van der Waals surface area contributed by atoms with Crippen LogP contribution in [0.25, 0.3) is 21.9 Å². The molecule has 9 nitrogen and oxygen atoms in total. The van der Waals surface area contributed by atoms with E-state index >= 15 is 0 Å². The lowest BCUT2D eigenvalue weighted by Gasteiger charge is -2.22. The maximum Gasteiger partial charge on any atom is 0.257 e. The van der Waals surface area contributed by atoms with Gasteiger partial charge in [-0.05, 0) is 32.0 Å². The number of carbonyl (C=O) groups excluding carboxylic acids is 1. The van der Waals surface area contributed by atoms with E-state index in [4.69, 9.17) is 0 Å². The number of benzene rings is 1. The molecule has 0 bridgehead atoms. The van der Waals surface area contributed by atoms with E-state index in [2.05, 4.69) is 31.8 Å². The maximum atomic E-state index is 14.2. The molecule has 0 aliphatic carbocycles. The van der Waals surface area contributed by atoms with E-state index in [-0.39, 0.29) is 11.3 Å². The van der Waals surface area contributed by atoms with Crippen LogP contribution in [0, 0.1) is 11.3 Å². The van der Waals surface area contributed by atoms with Crippen LogP contribution in [0.2, 0.25) is 0 Å². The SMILES string of the molecule is CC(C)(O)C(F)CNC(=O)c1cnc2c([nH]c3cc(C#N)ccc32)c1Nc1cnn(CC(F)F)c1. The molecule has 1 aromatic carbocycles. The lowest BCUT2D eigenvalue weighted by Crippen LogP contribution is -2.42. The topological polar surface area (TPSA) is 132 Å². The number of pyridine rings is 1. The third-order valence-corrected chi connectivity index (χ3v) is 5.42. The minimum absolute atomic E-state index is 0.0501.